The number of aryl methyl sites for hydroxylation is 2. The number of piperidine rings is 1. The number of likely N-dealkylation sites (tertiary alicyclic amines) is 1. The molecule has 1 amide bonds. The molecule has 168 valence electrons. The van der Waals surface area contributed by atoms with Crippen molar-refractivity contribution in [2.75, 3.05) is 23.7 Å². The second-order valence-corrected chi connectivity index (χ2v) is 10.6. The number of hydrogen-bond acceptors (Lipinski definition) is 3. The maximum absolute atomic E-state index is 13.5. The van der Waals surface area contributed by atoms with Crippen LogP contribution in [0.4, 0.5) is 5.69 Å². The molecule has 0 spiro atoms. The average Bonchev–Trinajstić information content (AvgIpc) is 2.74. The number of carbonyl (C=O) groups excluding carboxylic acids is 1. The van der Waals surface area contributed by atoms with E-state index in [-0.39, 0.29) is 5.91 Å². The van der Waals surface area contributed by atoms with Crippen molar-refractivity contribution in [2.45, 2.75) is 52.5 Å². The smallest absolute Gasteiger partial charge is 0.246 e. The van der Waals surface area contributed by atoms with Crippen LogP contribution in [-0.4, -0.2) is 44.6 Å². The molecule has 0 saturated carbocycles. The Labute approximate surface area is 187 Å². The number of sulfonamides is 1. The molecule has 1 aliphatic heterocycles. The summed E-state index contributed by atoms with van der Waals surface area (Å²) in [5, 5.41) is 0. The second kappa shape index (κ2) is 9.86. The van der Waals surface area contributed by atoms with E-state index < -0.39 is 16.1 Å². The van der Waals surface area contributed by atoms with E-state index in [1.807, 2.05) is 49.9 Å². The van der Waals surface area contributed by atoms with E-state index in [2.05, 4.69) is 24.3 Å². The summed E-state index contributed by atoms with van der Waals surface area (Å²) in [6.45, 7) is 7.06. The largest absolute Gasteiger partial charge is 0.341 e. The van der Waals surface area contributed by atoms with Gasteiger partial charge in [0.25, 0.3) is 0 Å². The van der Waals surface area contributed by atoms with Gasteiger partial charge in [0, 0.05) is 13.1 Å². The lowest BCUT2D eigenvalue weighted by Crippen LogP contribution is -2.52. The van der Waals surface area contributed by atoms with Gasteiger partial charge in [-0.2, -0.15) is 0 Å². The van der Waals surface area contributed by atoms with Crippen molar-refractivity contribution in [1.82, 2.24) is 4.90 Å². The molecule has 0 bridgehead atoms. The normalized spacial score (nSPS) is 16.2. The molecule has 1 saturated heterocycles. The molecule has 0 aromatic heterocycles. The first-order valence-electron chi connectivity index (χ1n) is 11.1. The minimum atomic E-state index is -3.62. The summed E-state index contributed by atoms with van der Waals surface area (Å²) in [5.41, 5.74) is 3.75. The van der Waals surface area contributed by atoms with Crippen LogP contribution in [-0.2, 0) is 21.2 Å². The van der Waals surface area contributed by atoms with Crippen molar-refractivity contribution in [3.8, 4) is 0 Å². The lowest BCUT2D eigenvalue weighted by molar-refractivity contribution is -0.133. The van der Waals surface area contributed by atoms with E-state index in [9.17, 15) is 13.2 Å². The van der Waals surface area contributed by atoms with E-state index in [4.69, 9.17) is 0 Å². The minimum Gasteiger partial charge on any atom is -0.341 e. The fraction of sp³-hybridized carbons (Fsp3) is 0.480. The second-order valence-electron chi connectivity index (χ2n) is 8.73. The molecule has 6 heteroatoms. The Morgan fingerprint density at radius 3 is 2.32 bits per heavy atom. The number of hydrogen-bond donors (Lipinski definition) is 0. The first kappa shape index (κ1) is 23.3. The molecule has 1 heterocycles. The number of amides is 1. The zero-order chi connectivity index (χ0) is 22.6. The third-order valence-electron chi connectivity index (χ3n) is 6.21. The molecule has 0 radical (unpaired) electrons. The summed E-state index contributed by atoms with van der Waals surface area (Å²) in [7, 11) is -3.62. The molecule has 0 aliphatic carbocycles. The number of rotatable bonds is 7. The highest BCUT2D eigenvalue weighted by atomic mass is 32.2. The predicted octanol–water partition coefficient (Wildman–Crippen LogP) is 4.33. The average molecular weight is 443 g/mol. The van der Waals surface area contributed by atoms with E-state index in [0.29, 0.717) is 31.1 Å². The van der Waals surface area contributed by atoms with Gasteiger partial charge in [0.1, 0.15) is 6.04 Å². The van der Waals surface area contributed by atoms with Gasteiger partial charge in [-0.3, -0.25) is 9.10 Å². The van der Waals surface area contributed by atoms with Gasteiger partial charge in [-0.1, -0.05) is 49.4 Å². The molecule has 5 nitrogen and oxygen atoms in total. The summed E-state index contributed by atoms with van der Waals surface area (Å²) in [5.74, 6) is 0.462. The Morgan fingerprint density at radius 1 is 1.10 bits per heavy atom. The van der Waals surface area contributed by atoms with E-state index in [0.717, 1.165) is 30.4 Å². The van der Waals surface area contributed by atoms with Gasteiger partial charge in [0.05, 0.1) is 11.9 Å². The van der Waals surface area contributed by atoms with Crippen LogP contribution in [0.1, 0.15) is 42.9 Å². The Bertz CT molecular complexity index is 997. The maximum atomic E-state index is 13.5. The Kier molecular flexibility index (Phi) is 7.42. The number of anilines is 1. The number of nitrogens with zero attached hydrogens (tertiary/aromatic N) is 2. The zero-order valence-electron chi connectivity index (χ0n) is 19.0. The van der Waals surface area contributed by atoms with Gasteiger partial charge in [-0.25, -0.2) is 8.42 Å². The third kappa shape index (κ3) is 5.67. The highest BCUT2D eigenvalue weighted by Crippen LogP contribution is 2.29. The topological polar surface area (TPSA) is 57.7 Å². The van der Waals surface area contributed by atoms with Gasteiger partial charge in [0.2, 0.25) is 15.9 Å². The summed E-state index contributed by atoms with van der Waals surface area (Å²) in [6.07, 6.45) is 4.54. The van der Waals surface area contributed by atoms with Crippen molar-refractivity contribution in [3.05, 3.63) is 65.2 Å². The molecule has 2 aromatic rings. The van der Waals surface area contributed by atoms with Crippen LogP contribution in [0.3, 0.4) is 0 Å². The number of carbonyl (C=O) groups is 1. The minimum absolute atomic E-state index is 0.0907. The fourth-order valence-corrected chi connectivity index (χ4v) is 5.75. The van der Waals surface area contributed by atoms with Gasteiger partial charge in [-0.05, 0) is 68.2 Å². The Morgan fingerprint density at radius 2 is 1.74 bits per heavy atom. The lowest BCUT2D eigenvalue weighted by Gasteiger charge is -2.38. The zero-order valence-corrected chi connectivity index (χ0v) is 19.9. The first-order valence-corrected chi connectivity index (χ1v) is 12.9. The number of benzene rings is 2. The standard InChI is InChI=1S/C25H34N2O3S/c1-5-23(27(31(4,29)30)24-17-19(2)11-12-20(24)3)25(28)26-15-13-22(14-16-26)18-21-9-7-6-8-10-21/h6-12,17,22-23H,5,13-16,18H2,1-4H3/t23-/m1/s1. The summed E-state index contributed by atoms with van der Waals surface area (Å²) < 4.78 is 26.9. The quantitative estimate of drug-likeness (QED) is 0.641. The molecule has 1 atom stereocenters. The van der Waals surface area contributed by atoms with Crippen molar-refractivity contribution < 1.29 is 13.2 Å². The molecular weight excluding hydrogens is 408 g/mol. The van der Waals surface area contributed by atoms with Gasteiger partial charge < -0.3 is 4.90 Å². The molecule has 1 fully saturated rings. The first-order chi connectivity index (χ1) is 14.7. The summed E-state index contributed by atoms with van der Waals surface area (Å²) in [6, 6.07) is 15.5. The molecule has 31 heavy (non-hydrogen) atoms. The van der Waals surface area contributed by atoms with Gasteiger partial charge >= 0.3 is 0 Å². The van der Waals surface area contributed by atoms with Crippen LogP contribution in [0.15, 0.2) is 48.5 Å². The molecule has 3 rings (SSSR count). The third-order valence-corrected chi connectivity index (χ3v) is 7.37. The van der Waals surface area contributed by atoms with Crippen LogP contribution in [0, 0.1) is 19.8 Å². The Balaban J connectivity index is 1.76. The van der Waals surface area contributed by atoms with Crippen LogP contribution < -0.4 is 4.31 Å². The highest BCUT2D eigenvalue weighted by molar-refractivity contribution is 7.92. The molecule has 0 N–H and O–H groups in total. The fourth-order valence-electron chi connectivity index (χ4n) is 4.49. The monoisotopic (exact) mass is 442 g/mol. The SMILES string of the molecule is CC[C@H](C(=O)N1CCC(Cc2ccccc2)CC1)N(c1cc(C)ccc1C)S(C)(=O)=O. The highest BCUT2D eigenvalue weighted by Gasteiger charge is 2.36. The molecule has 0 unspecified atom stereocenters. The van der Waals surface area contributed by atoms with Crippen molar-refractivity contribution in [2.24, 2.45) is 5.92 Å². The maximum Gasteiger partial charge on any atom is 0.246 e. The van der Waals surface area contributed by atoms with Crippen LogP contribution >= 0.6 is 0 Å². The van der Waals surface area contributed by atoms with Crippen molar-refractivity contribution >= 4 is 21.6 Å². The van der Waals surface area contributed by atoms with E-state index >= 15 is 0 Å². The summed E-state index contributed by atoms with van der Waals surface area (Å²) in [4.78, 5) is 15.3. The Hall–Kier alpha value is -2.34. The predicted molar refractivity (Wildman–Crippen MR) is 127 cm³/mol. The molecule has 2 aromatic carbocycles. The van der Waals surface area contributed by atoms with Crippen LogP contribution in [0.2, 0.25) is 0 Å². The summed E-state index contributed by atoms with van der Waals surface area (Å²) >= 11 is 0. The lowest BCUT2D eigenvalue weighted by atomic mass is 9.90. The molecule has 1 aliphatic rings. The van der Waals surface area contributed by atoms with E-state index in [1.54, 1.807) is 0 Å². The van der Waals surface area contributed by atoms with E-state index in [1.165, 1.54) is 16.1 Å². The van der Waals surface area contributed by atoms with Gasteiger partial charge in [-0.15, -0.1) is 0 Å². The van der Waals surface area contributed by atoms with Crippen LogP contribution in [0.25, 0.3) is 0 Å². The van der Waals surface area contributed by atoms with Crippen molar-refractivity contribution in [3.63, 3.8) is 0 Å². The van der Waals surface area contributed by atoms with Gasteiger partial charge in [0.15, 0.2) is 0 Å². The molecular formula is C25H34N2O3S. The van der Waals surface area contributed by atoms with Crippen LogP contribution in [0.5, 0.6) is 0 Å². The van der Waals surface area contributed by atoms with Crippen molar-refractivity contribution in [1.29, 1.82) is 0 Å².